The number of hydrogen-bond donors (Lipinski definition) is 2. The molecule has 1 unspecified atom stereocenters. The van der Waals surface area contributed by atoms with Gasteiger partial charge < -0.3 is 5.11 Å². The van der Waals surface area contributed by atoms with Gasteiger partial charge in [0.2, 0.25) is 0 Å². The zero-order chi connectivity index (χ0) is 9.07. The highest BCUT2D eigenvalue weighted by Gasteiger charge is 2.27. The SMILES string of the molecule is C=CC(C)NC(C)(C)C(=O)O. The van der Waals surface area contributed by atoms with Crippen molar-refractivity contribution in [2.45, 2.75) is 32.4 Å². The van der Waals surface area contributed by atoms with E-state index in [0.717, 1.165) is 0 Å². The molecule has 3 heteroatoms. The molecule has 0 aromatic heterocycles. The molecule has 3 nitrogen and oxygen atoms in total. The number of hydrogen-bond acceptors (Lipinski definition) is 2. The minimum Gasteiger partial charge on any atom is -0.480 e. The van der Waals surface area contributed by atoms with E-state index in [2.05, 4.69) is 11.9 Å². The maximum atomic E-state index is 10.6. The number of nitrogens with one attached hydrogen (secondary N) is 1. The summed E-state index contributed by atoms with van der Waals surface area (Å²) in [7, 11) is 0. The van der Waals surface area contributed by atoms with Gasteiger partial charge in [-0.3, -0.25) is 10.1 Å². The van der Waals surface area contributed by atoms with E-state index < -0.39 is 11.5 Å². The Labute approximate surface area is 67.1 Å². The first kappa shape index (κ1) is 10.2. The van der Waals surface area contributed by atoms with E-state index >= 15 is 0 Å². The molecule has 0 aromatic carbocycles. The largest absolute Gasteiger partial charge is 0.480 e. The molecule has 0 aliphatic carbocycles. The predicted molar refractivity (Wildman–Crippen MR) is 44.5 cm³/mol. The van der Waals surface area contributed by atoms with Gasteiger partial charge in [0.15, 0.2) is 0 Å². The highest BCUT2D eigenvalue weighted by atomic mass is 16.4. The Morgan fingerprint density at radius 3 is 2.45 bits per heavy atom. The fourth-order valence-corrected chi connectivity index (χ4v) is 0.690. The summed E-state index contributed by atoms with van der Waals surface area (Å²) in [5.74, 6) is -0.855. The van der Waals surface area contributed by atoms with Crippen molar-refractivity contribution in [1.29, 1.82) is 0 Å². The van der Waals surface area contributed by atoms with E-state index in [1.54, 1.807) is 19.9 Å². The molecule has 0 amide bonds. The number of carboxylic acids is 1. The molecule has 0 aliphatic heterocycles. The van der Waals surface area contributed by atoms with E-state index in [9.17, 15) is 4.79 Å². The lowest BCUT2D eigenvalue weighted by molar-refractivity contribution is -0.143. The quantitative estimate of drug-likeness (QED) is 0.599. The molecule has 0 aromatic rings. The van der Waals surface area contributed by atoms with Crippen LogP contribution in [0.5, 0.6) is 0 Å². The lowest BCUT2D eigenvalue weighted by Crippen LogP contribution is -2.50. The smallest absolute Gasteiger partial charge is 0.323 e. The van der Waals surface area contributed by atoms with Gasteiger partial charge in [-0.15, -0.1) is 6.58 Å². The average Bonchev–Trinajstić information content (AvgIpc) is 1.86. The van der Waals surface area contributed by atoms with E-state index in [1.165, 1.54) is 0 Å². The van der Waals surface area contributed by atoms with Gasteiger partial charge in [0.05, 0.1) is 0 Å². The Morgan fingerprint density at radius 2 is 2.18 bits per heavy atom. The summed E-state index contributed by atoms with van der Waals surface area (Å²) in [5, 5.41) is 11.6. The highest BCUT2D eigenvalue weighted by molar-refractivity contribution is 5.77. The normalized spacial score (nSPS) is 14.1. The van der Waals surface area contributed by atoms with Crippen LogP contribution in [-0.4, -0.2) is 22.7 Å². The number of carbonyl (C=O) groups is 1. The van der Waals surface area contributed by atoms with Crippen molar-refractivity contribution in [1.82, 2.24) is 5.32 Å². The Kier molecular flexibility index (Phi) is 3.26. The molecule has 0 fully saturated rings. The highest BCUT2D eigenvalue weighted by Crippen LogP contribution is 2.03. The van der Waals surface area contributed by atoms with Crippen LogP contribution >= 0.6 is 0 Å². The molecule has 0 saturated heterocycles. The molecule has 1 atom stereocenters. The minimum absolute atomic E-state index is 0.0149. The standard InChI is InChI=1S/C8H15NO2/c1-5-6(2)9-8(3,4)7(10)11/h5-6,9H,1H2,2-4H3,(H,10,11). The summed E-state index contributed by atoms with van der Waals surface area (Å²) in [6, 6.07) is 0.0149. The second kappa shape index (κ2) is 3.53. The van der Waals surface area contributed by atoms with Crippen molar-refractivity contribution in [2.75, 3.05) is 0 Å². The monoisotopic (exact) mass is 157 g/mol. The predicted octanol–water partition coefficient (Wildman–Crippen LogP) is 1.01. The fraction of sp³-hybridized carbons (Fsp3) is 0.625. The topological polar surface area (TPSA) is 49.3 Å². The van der Waals surface area contributed by atoms with E-state index in [4.69, 9.17) is 5.11 Å². The van der Waals surface area contributed by atoms with Crippen LogP contribution < -0.4 is 5.32 Å². The molecule has 11 heavy (non-hydrogen) atoms. The second-order valence-electron chi connectivity index (χ2n) is 3.10. The lowest BCUT2D eigenvalue weighted by Gasteiger charge is -2.23. The van der Waals surface area contributed by atoms with Crippen molar-refractivity contribution in [3.63, 3.8) is 0 Å². The number of rotatable bonds is 4. The summed E-state index contributed by atoms with van der Waals surface area (Å²) in [6.45, 7) is 8.65. The molecule has 0 radical (unpaired) electrons. The van der Waals surface area contributed by atoms with Crippen molar-refractivity contribution in [3.8, 4) is 0 Å². The lowest BCUT2D eigenvalue weighted by atomic mass is 10.1. The van der Waals surface area contributed by atoms with Crippen LogP contribution in [0.25, 0.3) is 0 Å². The third-order valence-corrected chi connectivity index (χ3v) is 1.48. The van der Waals surface area contributed by atoms with Crippen LogP contribution in [0.2, 0.25) is 0 Å². The van der Waals surface area contributed by atoms with Crippen LogP contribution in [0.15, 0.2) is 12.7 Å². The number of carboxylic acid groups (broad SMARTS) is 1. The van der Waals surface area contributed by atoms with Crippen LogP contribution in [0.3, 0.4) is 0 Å². The summed E-state index contributed by atoms with van der Waals surface area (Å²) in [4.78, 5) is 10.6. The van der Waals surface area contributed by atoms with E-state index in [1.807, 2.05) is 6.92 Å². The summed E-state index contributed by atoms with van der Waals surface area (Å²) >= 11 is 0. The fourth-order valence-electron chi connectivity index (χ4n) is 0.690. The zero-order valence-electron chi connectivity index (χ0n) is 7.22. The molecule has 0 aliphatic rings. The summed E-state index contributed by atoms with van der Waals surface area (Å²) in [6.07, 6.45) is 1.67. The second-order valence-corrected chi connectivity index (χ2v) is 3.10. The summed E-state index contributed by atoms with van der Waals surface area (Å²) in [5.41, 5.74) is -0.881. The van der Waals surface area contributed by atoms with Crippen molar-refractivity contribution in [3.05, 3.63) is 12.7 Å². The molecule has 0 bridgehead atoms. The van der Waals surface area contributed by atoms with Crippen LogP contribution in [0, 0.1) is 0 Å². The van der Waals surface area contributed by atoms with Crippen LogP contribution in [0.1, 0.15) is 20.8 Å². The first-order valence-electron chi connectivity index (χ1n) is 3.54. The third kappa shape index (κ3) is 3.18. The van der Waals surface area contributed by atoms with Crippen molar-refractivity contribution in [2.24, 2.45) is 0 Å². The Balaban J connectivity index is 4.11. The molecule has 0 rings (SSSR count). The minimum atomic E-state index is -0.881. The molecule has 64 valence electrons. The molecule has 2 N–H and O–H groups in total. The van der Waals surface area contributed by atoms with Crippen molar-refractivity contribution < 1.29 is 9.90 Å². The average molecular weight is 157 g/mol. The van der Waals surface area contributed by atoms with Crippen molar-refractivity contribution >= 4 is 5.97 Å². The van der Waals surface area contributed by atoms with Gasteiger partial charge in [-0.2, -0.15) is 0 Å². The molecular weight excluding hydrogens is 142 g/mol. The Hall–Kier alpha value is -0.830. The number of aliphatic carboxylic acids is 1. The van der Waals surface area contributed by atoms with Gasteiger partial charge in [0.1, 0.15) is 5.54 Å². The van der Waals surface area contributed by atoms with Gasteiger partial charge >= 0.3 is 5.97 Å². The van der Waals surface area contributed by atoms with Gasteiger partial charge in [0, 0.05) is 6.04 Å². The van der Waals surface area contributed by atoms with E-state index in [0.29, 0.717) is 0 Å². The molecule has 0 spiro atoms. The first-order chi connectivity index (χ1) is 4.90. The van der Waals surface area contributed by atoms with Gasteiger partial charge in [-0.1, -0.05) is 6.08 Å². The zero-order valence-corrected chi connectivity index (χ0v) is 7.22. The maximum absolute atomic E-state index is 10.6. The van der Waals surface area contributed by atoms with Crippen LogP contribution in [0.4, 0.5) is 0 Å². The van der Waals surface area contributed by atoms with E-state index in [-0.39, 0.29) is 6.04 Å². The van der Waals surface area contributed by atoms with Gasteiger partial charge in [-0.25, -0.2) is 0 Å². The maximum Gasteiger partial charge on any atom is 0.323 e. The first-order valence-corrected chi connectivity index (χ1v) is 3.54. The molecule has 0 heterocycles. The molecule has 0 saturated carbocycles. The Morgan fingerprint density at radius 1 is 1.73 bits per heavy atom. The van der Waals surface area contributed by atoms with Gasteiger partial charge in [0.25, 0.3) is 0 Å². The third-order valence-electron chi connectivity index (χ3n) is 1.48. The Bertz CT molecular complexity index is 163. The van der Waals surface area contributed by atoms with Crippen LogP contribution in [-0.2, 0) is 4.79 Å². The summed E-state index contributed by atoms with van der Waals surface area (Å²) < 4.78 is 0. The van der Waals surface area contributed by atoms with Gasteiger partial charge in [-0.05, 0) is 20.8 Å². The molecular formula is C8H15NO2.